The van der Waals surface area contributed by atoms with Crippen molar-refractivity contribution in [3.8, 4) is 0 Å². The molecule has 5 nitrogen and oxygen atoms in total. The molecule has 0 radical (unpaired) electrons. The van der Waals surface area contributed by atoms with Crippen molar-refractivity contribution in [2.45, 2.75) is 39.2 Å². The van der Waals surface area contributed by atoms with Gasteiger partial charge < -0.3 is 10.4 Å². The van der Waals surface area contributed by atoms with Crippen LogP contribution in [0.25, 0.3) is 0 Å². The Labute approximate surface area is 125 Å². The Morgan fingerprint density at radius 1 is 1.29 bits per heavy atom. The molecule has 1 aliphatic rings. The molecule has 0 aliphatic heterocycles. The van der Waals surface area contributed by atoms with Gasteiger partial charge >= 0.3 is 12.0 Å². The minimum Gasteiger partial charge on any atom is -0.480 e. The van der Waals surface area contributed by atoms with Crippen molar-refractivity contribution < 1.29 is 14.7 Å². The average molecular weight is 290 g/mol. The number of rotatable bonds is 4. The van der Waals surface area contributed by atoms with Crippen LogP contribution in [0, 0.1) is 12.8 Å². The number of benzene rings is 1. The molecule has 0 saturated heterocycles. The van der Waals surface area contributed by atoms with Gasteiger partial charge in [-0.2, -0.15) is 0 Å². The fourth-order valence-electron chi connectivity index (χ4n) is 2.74. The van der Waals surface area contributed by atoms with Crippen LogP contribution in [0.5, 0.6) is 0 Å². The van der Waals surface area contributed by atoms with E-state index in [4.69, 9.17) is 5.11 Å². The highest BCUT2D eigenvalue weighted by molar-refractivity contribution is 5.96. The van der Waals surface area contributed by atoms with Crippen molar-refractivity contribution in [1.29, 1.82) is 0 Å². The van der Waals surface area contributed by atoms with Crippen LogP contribution in [0.1, 0.15) is 31.7 Å². The molecular formula is C16H22N2O3. The maximum atomic E-state index is 12.4. The third-order valence-corrected chi connectivity index (χ3v) is 4.05. The SMILES string of the molecule is Cc1ccc(N(CC(=O)O)C(=O)NC2CCCC2C)cc1. The summed E-state index contributed by atoms with van der Waals surface area (Å²) in [4.78, 5) is 24.7. The minimum absolute atomic E-state index is 0.138. The molecule has 1 aromatic carbocycles. The number of hydrogen-bond acceptors (Lipinski definition) is 2. The standard InChI is InChI=1S/C16H22N2O3/c1-11-6-8-13(9-7-11)18(10-15(19)20)16(21)17-14-5-3-4-12(14)2/h6-9,12,14H,3-5,10H2,1-2H3,(H,17,21)(H,19,20). The Bertz CT molecular complexity index is 513. The number of nitrogens with zero attached hydrogens (tertiary/aromatic N) is 1. The van der Waals surface area contributed by atoms with Crippen LogP contribution in [0.3, 0.4) is 0 Å². The molecule has 5 heteroatoms. The summed E-state index contributed by atoms with van der Waals surface area (Å²) >= 11 is 0. The topological polar surface area (TPSA) is 69.6 Å². The number of aliphatic carboxylic acids is 1. The summed E-state index contributed by atoms with van der Waals surface area (Å²) in [6, 6.07) is 7.09. The first-order valence-electron chi connectivity index (χ1n) is 7.34. The van der Waals surface area contributed by atoms with Crippen LogP contribution in [0.15, 0.2) is 24.3 Å². The van der Waals surface area contributed by atoms with Gasteiger partial charge in [-0.25, -0.2) is 4.79 Å². The third kappa shape index (κ3) is 3.97. The number of urea groups is 1. The molecule has 2 rings (SSSR count). The molecule has 2 amide bonds. The van der Waals surface area contributed by atoms with Gasteiger partial charge in [0.25, 0.3) is 0 Å². The summed E-state index contributed by atoms with van der Waals surface area (Å²) in [5.41, 5.74) is 1.67. The van der Waals surface area contributed by atoms with Gasteiger partial charge in [-0.15, -0.1) is 0 Å². The number of nitrogens with one attached hydrogen (secondary N) is 1. The van der Waals surface area contributed by atoms with Gasteiger partial charge in [0, 0.05) is 11.7 Å². The second-order valence-corrected chi connectivity index (χ2v) is 5.78. The quantitative estimate of drug-likeness (QED) is 0.896. The van der Waals surface area contributed by atoms with Crippen LogP contribution < -0.4 is 10.2 Å². The van der Waals surface area contributed by atoms with E-state index < -0.39 is 5.97 Å². The Hall–Kier alpha value is -2.04. The molecule has 21 heavy (non-hydrogen) atoms. The van der Waals surface area contributed by atoms with Gasteiger partial charge in [-0.3, -0.25) is 9.69 Å². The molecule has 0 bridgehead atoms. The Morgan fingerprint density at radius 2 is 1.95 bits per heavy atom. The molecule has 1 aromatic rings. The van der Waals surface area contributed by atoms with E-state index in [1.807, 2.05) is 19.1 Å². The van der Waals surface area contributed by atoms with Crippen molar-refractivity contribution in [3.63, 3.8) is 0 Å². The summed E-state index contributed by atoms with van der Waals surface area (Å²) < 4.78 is 0. The zero-order valence-electron chi connectivity index (χ0n) is 12.5. The van der Waals surface area contributed by atoms with Gasteiger partial charge in [0.15, 0.2) is 0 Å². The van der Waals surface area contributed by atoms with E-state index in [0.717, 1.165) is 24.8 Å². The van der Waals surface area contributed by atoms with Crippen molar-refractivity contribution in [3.05, 3.63) is 29.8 Å². The largest absolute Gasteiger partial charge is 0.480 e. The lowest BCUT2D eigenvalue weighted by Crippen LogP contribution is -2.47. The molecule has 1 aliphatic carbocycles. The first-order valence-corrected chi connectivity index (χ1v) is 7.34. The Morgan fingerprint density at radius 3 is 2.48 bits per heavy atom. The van der Waals surface area contributed by atoms with Gasteiger partial charge in [0.05, 0.1) is 0 Å². The molecule has 0 aromatic heterocycles. The Balaban J connectivity index is 2.13. The molecule has 2 atom stereocenters. The number of hydrogen-bond donors (Lipinski definition) is 2. The number of anilines is 1. The lowest BCUT2D eigenvalue weighted by molar-refractivity contribution is -0.135. The number of carboxylic acids is 1. The van der Waals surface area contributed by atoms with E-state index >= 15 is 0 Å². The number of carboxylic acid groups (broad SMARTS) is 1. The van der Waals surface area contributed by atoms with Crippen molar-refractivity contribution in [2.75, 3.05) is 11.4 Å². The van der Waals surface area contributed by atoms with E-state index in [-0.39, 0.29) is 18.6 Å². The second kappa shape index (κ2) is 6.61. The molecule has 0 heterocycles. The van der Waals surface area contributed by atoms with Gasteiger partial charge in [-0.1, -0.05) is 31.0 Å². The molecule has 0 spiro atoms. The minimum atomic E-state index is -1.02. The first-order chi connectivity index (χ1) is 9.97. The van der Waals surface area contributed by atoms with E-state index in [1.165, 1.54) is 4.90 Å². The van der Waals surface area contributed by atoms with E-state index in [1.54, 1.807) is 12.1 Å². The average Bonchev–Trinajstić information content (AvgIpc) is 2.82. The number of amides is 2. The summed E-state index contributed by atoms with van der Waals surface area (Å²) in [6.07, 6.45) is 3.17. The zero-order valence-corrected chi connectivity index (χ0v) is 12.5. The van der Waals surface area contributed by atoms with E-state index in [2.05, 4.69) is 12.2 Å². The molecule has 2 N–H and O–H groups in total. The summed E-state index contributed by atoms with van der Waals surface area (Å²) in [5.74, 6) is -0.580. The second-order valence-electron chi connectivity index (χ2n) is 5.78. The normalized spacial score (nSPS) is 21.0. The lowest BCUT2D eigenvalue weighted by Gasteiger charge is -2.25. The number of aryl methyl sites for hydroxylation is 1. The monoisotopic (exact) mass is 290 g/mol. The van der Waals surface area contributed by atoms with Crippen LogP contribution in [-0.2, 0) is 4.79 Å². The number of carbonyl (C=O) groups excluding carboxylic acids is 1. The summed E-state index contributed by atoms with van der Waals surface area (Å²) in [5, 5.41) is 12.0. The third-order valence-electron chi connectivity index (χ3n) is 4.05. The maximum absolute atomic E-state index is 12.4. The van der Waals surface area contributed by atoms with Crippen molar-refractivity contribution in [2.24, 2.45) is 5.92 Å². The molecule has 2 unspecified atom stereocenters. The van der Waals surface area contributed by atoms with Crippen LogP contribution >= 0.6 is 0 Å². The van der Waals surface area contributed by atoms with E-state index in [9.17, 15) is 9.59 Å². The number of carbonyl (C=O) groups is 2. The smallest absolute Gasteiger partial charge is 0.323 e. The summed E-state index contributed by atoms with van der Waals surface area (Å²) in [6.45, 7) is 3.73. The van der Waals surface area contributed by atoms with Gasteiger partial charge in [0.1, 0.15) is 6.54 Å². The highest BCUT2D eigenvalue weighted by Crippen LogP contribution is 2.25. The molecule has 1 saturated carbocycles. The van der Waals surface area contributed by atoms with Crippen molar-refractivity contribution >= 4 is 17.7 Å². The Kier molecular flexibility index (Phi) is 4.83. The fraction of sp³-hybridized carbons (Fsp3) is 0.500. The van der Waals surface area contributed by atoms with Gasteiger partial charge in [-0.05, 0) is 37.8 Å². The maximum Gasteiger partial charge on any atom is 0.323 e. The zero-order chi connectivity index (χ0) is 15.4. The first kappa shape index (κ1) is 15.4. The van der Waals surface area contributed by atoms with E-state index in [0.29, 0.717) is 11.6 Å². The molecule has 114 valence electrons. The van der Waals surface area contributed by atoms with Crippen LogP contribution in [0.2, 0.25) is 0 Å². The predicted octanol–water partition coefficient (Wildman–Crippen LogP) is 2.78. The fourth-order valence-corrected chi connectivity index (χ4v) is 2.74. The van der Waals surface area contributed by atoms with Crippen LogP contribution in [0.4, 0.5) is 10.5 Å². The molecule has 1 fully saturated rings. The van der Waals surface area contributed by atoms with Crippen LogP contribution in [-0.4, -0.2) is 29.7 Å². The van der Waals surface area contributed by atoms with Crippen molar-refractivity contribution in [1.82, 2.24) is 5.32 Å². The summed E-state index contributed by atoms with van der Waals surface area (Å²) in [7, 11) is 0. The highest BCUT2D eigenvalue weighted by atomic mass is 16.4. The van der Waals surface area contributed by atoms with Gasteiger partial charge in [0.2, 0.25) is 0 Å². The molecular weight excluding hydrogens is 268 g/mol. The lowest BCUT2D eigenvalue weighted by atomic mass is 10.1. The predicted molar refractivity (Wildman–Crippen MR) is 81.5 cm³/mol. The highest BCUT2D eigenvalue weighted by Gasteiger charge is 2.27.